The van der Waals surface area contributed by atoms with Crippen molar-refractivity contribution >= 4 is 11.9 Å². The Morgan fingerprint density at radius 2 is 1.67 bits per heavy atom. The van der Waals surface area contributed by atoms with Gasteiger partial charge in [0.25, 0.3) is 0 Å². The SMILES string of the molecule is C/C=C\C=Nc1ccc(-c2ccccc2C)cc1. The molecule has 18 heavy (non-hydrogen) atoms. The summed E-state index contributed by atoms with van der Waals surface area (Å²) in [6.07, 6.45) is 5.70. The van der Waals surface area contributed by atoms with Crippen molar-refractivity contribution in [2.75, 3.05) is 0 Å². The van der Waals surface area contributed by atoms with Crippen molar-refractivity contribution in [1.29, 1.82) is 0 Å². The van der Waals surface area contributed by atoms with Crippen LogP contribution in [0.5, 0.6) is 0 Å². The third kappa shape index (κ3) is 2.95. The summed E-state index contributed by atoms with van der Waals surface area (Å²) in [5.74, 6) is 0. The van der Waals surface area contributed by atoms with Gasteiger partial charge in [0.2, 0.25) is 0 Å². The summed E-state index contributed by atoms with van der Waals surface area (Å²) in [5, 5.41) is 0. The fourth-order valence-corrected chi connectivity index (χ4v) is 1.84. The summed E-state index contributed by atoms with van der Waals surface area (Å²) in [4.78, 5) is 4.34. The maximum atomic E-state index is 4.34. The monoisotopic (exact) mass is 235 g/mol. The van der Waals surface area contributed by atoms with Crippen LogP contribution >= 0.6 is 0 Å². The van der Waals surface area contributed by atoms with Gasteiger partial charge in [0, 0.05) is 6.21 Å². The summed E-state index contributed by atoms with van der Waals surface area (Å²) in [5.41, 5.74) is 4.78. The predicted octanol–water partition coefficient (Wildman–Crippen LogP) is 4.94. The van der Waals surface area contributed by atoms with Crippen LogP contribution in [0.1, 0.15) is 12.5 Å². The number of aryl methyl sites for hydroxylation is 1. The molecule has 2 aromatic carbocycles. The van der Waals surface area contributed by atoms with Crippen LogP contribution in [0.4, 0.5) is 5.69 Å². The zero-order chi connectivity index (χ0) is 12.8. The van der Waals surface area contributed by atoms with Crippen LogP contribution < -0.4 is 0 Å². The van der Waals surface area contributed by atoms with E-state index in [0.29, 0.717) is 0 Å². The Kier molecular flexibility index (Phi) is 4.08. The van der Waals surface area contributed by atoms with Crippen LogP contribution in [-0.4, -0.2) is 6.21 Å². The van der Waals surface area contributed by atoms with Gasteiger partial charge >= 0.3 is 0 Å². The maximum Gasteiger partial charge on any atom is 0.0630 e. The number of rotatable bonds is 3. The molecular formula is C17H17N. The zero-order valence-electron chi connectivity index (χ0n) is 10.8. The van der Waals surface area contributed by atoms with Gasteiger partial charge in [-0.05, 0) is 48.7 Å². The highest BCUT2D eigenvalue weighted by atomic mass is 14.7. The molecule has 0 N–H and O–H groups in total. The molecule has 0 radical (unpaired) electrons. The lowest BCUT2D eigenvalue weighted by molar-refractivity contribution is 1.45. The molecular weight excluding hydrogens is 218 g/mol. The lowest BCUT2D eigenvalue weighted by Crippen LogP contribution is -1.81. The Labute approximate surface area is 109 Å². The molecule has 0 aliphatic heterocycles. The second-order valence-electron chi connectivity index (χ2n) is 4.17. The average molecular weight is 235 g/mol. The zero-order valence-corrected chi connectivity index (χ0v) is 10.8. The third-order valence-electron chi connectivity index (χ3n) is 2.83. The van der Waals surface area contributed by atoms with Crippen LogP contribution in [-0.2, 0) is 0 Å². The summed E-state index contributed by atoms with van der Waals surface area (Å²) in [6, 6.07) is 16.7. The first-order valence-electron chi connectivity index (χ1n) is 6.12. The normalized spacial score (nSPS) is 11.4. The fraction of sp³-hybridized carbons (Fsp3) is 0.118. The number of hydrogen-bond donors (Lipinski definition) is 0. The molecule has 0 aromatic heterocycles. The van der Waals surface area contributed by atoms with Crippen molar-refractivity contribution in [2.45, 2.75) is 13.8 Å². The Morgan fingerprint density at radius 1 is 0.944 bits per heavy atom. The number of aliphatic imine (C=N–C) groups is 1. The summed E-state index contributed by atoms with van der Waals surface area (Å²) in [7, 11) is 0. The first-order valence-corrected chi connectivity index (χ1v) is 6.12. The van der Waals surface area contributed by atoms with E-state index in [9.17, 15) is 0 Å². The molecule has 0 bridgehead atoms. The van der Waals surface area contributed by atoms with E-state index in [0.717, 1.165) is 5.69 Å². The molecule has 0 amide bonds. The number of benzene rings is 2. The molecule has 2 rings (SSSR count). The molecule has 0 heterocycles. The highest BCUT2D eigenvalue weighted by molar-refractivity contribution is 5.75. The van der Waals surface area contributed by atoms with Crippen LogP contribution in [0.15, 0.2) is 65.7 Å². The molecule has 0 saturated carbocycles. The van der Waals surface area contributed by atoms with E-state index < -0.39 is 0 Å². The topological polar surface area (TPSA) is 12.4 Å². The molecule has 0 atom stereocenters. The maximum absolute atomic E-state index is 4.34. The molecule has 1 nitrogen and oxygen atoms in total. The highest BCUT2D eigenvalue weighted by Gasteiger charge is 1.99. The second-order valence-corrected chi connectivity index (χ2v) is 4.17. The van der Waals surface area contributed by atoms with Gasteiger partial charge in [0.05, 0.1) is 5.69 Å². The molecule has 0 unspecified atom stereocenters. The second kappa shape index (κ2) is 5.97. The standard InChI is InChI=1S/C17H17N/c1-3-4-13-18-16-11-9-15(10-12-16)17-8-6-5-7-14(17)2/h3-13H,1-2H3/b4-3-,18-13?. The van der Waals surface area contributed by atoms with Gasteiger partial charge in [-0.25, -0.2) is 0 Å². The van der Waals surface area contributed by atoms with Crippen molar-refractivity contribution < 1.29 is 0 Å². The molecule has 1 heteroatoms. The lowest BCUT2D eigenvalue weighted by atomic mass is 10.0. The molecule has 2 aromatic rings. The van der Waals surface area contributed by atoms with Crippen molar-refractivity contribution in [2.24, 2.45) is 4.99 Å². The van der Waals surface area contributed by atoms with Crippen LogP contribution in [0.3, 0.4) is 0 Å². The van der Waals surface area contributed by atoms with E-state index >= 15 is 0 Å². The summed E-state index contributed by atoms with van der Waals surface area (Å²) >= 11 is 0. The van der Waals surface area contributed by atoms with Crippen LogP contribution in [0.2, 0.25) is 0 Å². The molecule has 90 valence electrons. The van der Waals surface area contributed by atoms with Gasteiger partial charge in [0.15, 0.2) is 0 Å². The fourth-order valence-electron chi connectivity index (χ4n) is 1.84. The van der Waals surface area contributed by atoms with E-state index in [1.165, 1.54) is 16.7 Å². The van der Waals surface area contributed by atoms with E-state index in [2.05, 4.69) is 48.3 Å². The van der Waals surface area contributed by atoms with Crippen molar-refractivity contribution in [3.05, 3.63) is 66.2 Å². The first-order chi connectivity index (χ1) is 8.81. The Hall–Kier alpha value is -2.15. The molecule has 0 spiro atoms. The van der Waals surface area contributed by atoms with Crippen LogP contribution in [0.25, 0.3) is 11.1 Å². The van der Waals surface area contributed by atoms with Crippen molar-refractivity contribution in [3.8, 4) is 11.1 Å². The van der Waals surface area contributed by atoms with E-state index in [1.807, 2.05) is 37.4 Å². The van der Waals surface area contributed by atoms with Gasteiger partial charge in [-0.1, -0.05) is 42.5 Å². The Morgan fingerprint density at radius 3 is 2.33 bits per heavy atom. The number of nitrogens with zero attached hydrogens (tertiary/aromatic N) is 1. The molecule has 0 aliphatic carbocycles. The minimum absolute atomic E-state index is 0.977. The van der Waals surface area contributed by atoms with E-state index in [1.54, 1.807) is 0 Å². The number of allylic oxidation sites excluding steroid dienone is 2. The van der Waals surface area contributed by atoms with Gasteiger partial charge in [-0.3, -0.25) is 4.99 Å². The minimum atomic E-state index is 0.977. The molecule has 0 fully saturated rings. The van der Waals surface area contributed by atoms with Crippen molar-refractivity contribution in [3.63, 3.8) is 0 Å². The van der Waals surface area contributed by atoms with E-state index in [-0.39, 0.29) is 0 Å². The third-order valence-corrected chi connectivity index (χ3v) is 2.83. The Bertz CT molecular complexity index is 562. The van der Waals surface area contributed by atoms with Crippen LogP contribution in [0, 0.1) is 6.92 Å². The Balaban J connectivity index is 2.25. The predicted molar refractivity (Wildman–Crippen MR) is 79.6 cm³/mol. The molecule has 0 aliphatic rings. The van der Waals surface area contributed by atoms with Gasteiger partial charge in [0.1, 0.15) is 0 Å². The van der Waals surface area contributed by atoms with Crippen molar-refractivity contribution in [1.82, 2.24) is 0 Å². The average Bonchev–Trinajstić information content (AvgIpc) is 2.41. The first kappa shape index (κ1) is 12.3. The van der Waals surface area contributed by atoms with Gasteiger partial charge in [-0.2, -0.15) is 0 Å². The molecule has 0 saturated heterocycles. The summed E-state index contributed by atoms with van der Waals surface area (Å²) in [6.45, 7) is 4.11. The smallest absolute Gasteiger partial charge is 0.0630 e. The largest absolute Gasteiger partial charge is 0.257 e. The van der Waals surface area contributed by atoms with Gasteiger partial charge < -0.3 is 0 Å². The number of hydrogen-bond acceptors (Lipinski definition) is 1. The quantitative estimate of drug-likeness (QED) is 0.668. The summed E-state index contributed by atoms with van der Waals surface area (Å²) < 4.78 is 0. The lowest BCUT2D eigenvalue weighted by Gasteiger charge is -2.05. The highest BCUT2D eigenvalue weighted by Crippen LogP contribution is 2.25. The minimum Gasteiger partial charge on any atom is -0.257 e. The van der Waals surface area contributed by atoms with E-state index in [4.69, 9.17) is 0 Å². The van der Waals surface area contributed by atoms with Gasteiger partial charge in [-0.15, -0.1) is 0 Å².